The molecule has 0 bridgehead atoms. The van der Waals surface area contributed by atoms with Crippen molar-refractivity contribution in [2.24, 2.45) is 0 Å². The molecule has 13 heteroatoms. The lowest BCUT2D eigenvalue weighted by Crippen LogP contribution is -2.43. The molecule has 3 heterocycles. The van der Waals surface area contributed by atoms with Gasteiger partial charge in [0.05, 0.1) is 5.56 Å². The highest BCUT2D eigenvalue weighted by molar-refractivity contribution is 6.04. The molecule has 0 unspecified atom stereocenters. The van der Waals surface area contributed by atoms with E-state index in [1.54, 1.807) is 30.5 Å². The van der Waals surface area contributed by atoms with Gasteiger partial charge in [0.15, 0.2) is 0 Å². The van der Waals surface area contributed by atoms with Crippen molar-refractivity contribution in [3.63, 3.8) is 0 Å². The van der Waals surface area contributed by atoms with Crippen LogP contribution in [-0.4, -0.2) is 43.9 Å². The molecule has 41 heavy (non-hydrogen) atoms. The Balaban J connectivity index is 1.39. The monoisotopic (exact) mass is 566 g/mol. The smallest absolute Gasteiger partial charge is 0.382 e. The Morgan fingerprint density at radius 1 is 1.10 bits per heavy atom. The zero-order chi connectivity index (χ0) is 29.1. The molecule has 4 aromatic rings. The molecule has 1 fully saturated rings. The van der Waals surface area contributed by atoms with Gasteiger partial charge in [-0.2, -0.15) is 13.2 Å². The Bertz CT molecular complexity index is 1570. The summed E-state index contributed by atoms with van der Waals surface area (Å²) in [4.78, 5) is 37.8. The van der Waals surface area contributed by atoms with E-state index < -0.39 is 17.6 Å². The van der Waals surface area contributed by atoms with Crippen LogP contribution in [0.15, 0.2) is 55.0 Å². The molecular formula is C28H29F3N8O2. The van der Waals surface area contributed by atoms with Crippen molar-refractivity contribution in [3.05, 3.63) is 71.9 Å². The summed E-state index contributed by atoms with van der Waals surface area (Å²) < 4.78 is 41.0. The van der Waals surface area contributed by atoms with Crippen LogP contribution >= 0.6 is 0 Å². The lowest BCUT2D eigenvalue weighted by Gasteiger charge is -2.29. The number of nitrogens with zero attached hydrogens (tertiary/aromatic N) is 4. The van der Waals surface area contributed by atoms with Gasteiger partial charge in [-0.25, -0.2) is 19.7 Å². The first-order chi connectivity index (χ1) is 19.6. The Labute approximate surface area is 233 Å². The number of pyridine rings is 1. The van der Waals surface area contributed by atoms with E-state index in [0.29, 0.717) is 29.1 Å². The summed E-state index contributed by atoms with van der Waals surface area (Å²) in [6.45, 7) is 2.41. The molecule has 5 N–H and O–H groups in total. The number of aromatic nitrogens is 4. The van der Waals surface area contributed by atoms with Crippen molar-refractivity contribution in [1.29, 1.82) is 0 Å². The van der Waals surface area contributed by atoms with E-state index in [4.69, 9.17) is 10.7 Å². The number of amides is 3. The second kappa shape index (κ2) is 11.4. The summed E-state index contributed by atoms with van der Waals surface area (Å²) >= 11 is 0. The predicted octanol–water partition coefficient (Wildman–Crippen LogP) is 4.99. The third-order valence-electron chi connectivity index (χ3n) is 7.07. The number of halogens is 3. The number of carbonyl (C=O) groups is 2. The lowest BCUT2D eigenvalue weighted by atomic mass is 9.85. The van der Waals surface area contributed by atoms with Crippen LogP contribution in [-0.2, 0) is 6.18 Å². The van der Waals surface area contributed by atoms with Crippen molar-refractivity contribution in [1.82, 2.24) is 30.0 Å². The van der Waals surface area contributed by atoms with Gasteiger partial charge in [0.2, 0.25) is 0 Å². The number of fused-ring (bicyclic) bond motifs is 1. The Morgan fingerprint density at radius 2 is 1.88 bits per heavy atom. The summed E-state index contributed by atoms with van der Waals surface area (Å²) in [5.41, 5.74) is 7.52. The standard InChI is InChI=1S/C28H29F3N8O2/c1-2-33-27(41)36-20-5-3-4-18(14-20)25-38-22(23-24(32)35-12-13-39(23)25)16-6-8-17(9-7-16)26(40)37-21-15-19(10-11-34-21)28(29,30)31/h6-13,15,18,20H,2-5,14H2,1H3,(H2,32,35)(H2,33,36,41)(H,34,37,40)/t18-,20+/m1/s1. The average molecular weight is 567 g/mol. The number of imidazole rings is 1. The molecular weight excluding hydrogens is 537 g/mol. The fourth-order valence-corrected chi connectivity index (χ4v) is 5.17. The Kier molecular flexibility index (Phi) is 7.77. The maximum Gasteiger partial charge on any atom is 0.416 e. The summed E-state index contributed by atoms with van der Waals surface area (Å²) in [7, 11) is 0. The highest BCUT2D eigenvalue weighted by Gasteiger charge is 2.31. The van der Waals surface area contributed by atoms with E-state index in [0.717, 1.165) is 49.8 Å². The summed E-state index contributed by atoms with van der Waals surface area (Å²) in [6.07, 6.45) is 3.29. The Morgan fingerprint density at radius 3 is 2.61 bits per heavy atom. The second-order valence-corrected chi connectivity index (χ2v) is 9.87. The summed E-state index contributed by atoms with van der Waals surface area (Å²) in [5, 5.41) is 8.22. The van der Waals surface area contributed by atoms with E-state index >= 15 is 0 Å². The van der Waals surface area contributed by atoms with Crippen LogP contribution in [0, 0.1) is 0 Å². The zero-order valence-electron chi connectivity index (χ0n) is 22.2. The maximum absolute atomic E-state index is 13.0. The first-order valence-electron chi connectivity index (χ1n) is 13.3. The van der Waals surface area contributed by atoms with Crippen LogP contribution in [0.4, 0.5) is 29.6 Å². The van der Waals surface area contributed by atoms with Gasteiger partial charge in [0.25, 0.3) is 5.91 Å². The number of nitrogen functional groups attached to an aromatic ring is 1. The van der Waals surface area contributed by atoms with Gasteiger partial charge in [-0.15, -0.1) is 0 Å². The van der Waals surface area contributed by atoms with Gasteiger partial charge in [-0.3, -0.25) is 9.20 Å². The van der Waals surface area contributed by atoms with Crippen molar-refractivity contribution >= 4 is 29.1 Å². The number of rotatable bonds is 6. The van der Waals surface area contributed by atoms with Gasteiger partial charge in [-0.1, -0.05) is 18.6 Å². The predicted molar refractivity (Wildman–Crippen MR) is 147 cm³/mol. The number of nitrogens with two attached hydrogens (primary N) is 1. The lowest BCUT2D eigenvalue weighted by molar-refractivity contribution is -0.137. The van der Waals surface area contributed by atoms with Crippen molar-refractivity contribution in [2.45, 2.75) is 50.7 Å². The zero-order valence-corrected chi connectivity index (χ0v) is 22.2. The molecule has 1 aliphatic carbocycles. The van der Waals surface area contributed by atoms with Crippen LogP contribution in [0.1, 0.15) is 60.3 Å². The molecule has 5 rings (SSSR count). The van der Waals surface area contributed by atoms with Crippen LogP contribution in [0.25, 0.3) is 16.8 Å². The summed E-state index contributed by atoms with van der Waals surface area (Å²) in [6, 6.07) is 7.96. The maximum atomic E-state index is 13.0. The molecule has 3 amide bonds. The topological polar surface area (TPSA) is 139 Å². The molecule has 0 saturated heterocycles. The van der Waals surface area contributed by atoms with E-state index in [2.05, 4.69) is 25.9 Å². The quantitative estimate of drug-likeness (QED) is 0.259. The fourth-order valence-electron chi connectivity index (χ4n) is 5.17. The van der Waals surface area contributed by atoms with Gasteiger partial charge in [0, 0.05) is 48.2 Å². The van der Waals surface area contributed by atoms with Crippen molar-refractivity contribution in [2.75, 3.05) is 17.6 Å². The molecule has 10 nitrogen and oxygen atoms in total. The number of benzene rings is 1. The van der Waals surface area contributed by atoms with Crippen molar-refractivity contribution < 1.29 is 22.8 Å². The molecule has 1 aromatic carbocycles. The minimum Gasteiger partial charge on any atom is -0.382 e. The molecule has 1 aliphatic rings. The van der Waals surface area contributed by atoms with Gasteiger partial charge < -0.3 is 21.7 Å². The number of urea groups is 1. The number of nitrogens with one attached hydrogen (secondary N) is 3. The van der Waals surface area contributed by atoms with Crippen LogP contribution < -0.4 is 21.7 Å². The van der Waals surface area contributed by atoms with Gasteiger partial charge >= 0.3 is 12.2 Å². The first-order valence-corrected chi connectivity index (χ1v) is 13.3. The fraction of sp³-hybridized carbons (Fsp3) is 0.321. The molecule has 214 valence electrons. The molecule has 0 aliphatic heterocycles. The summed E-state index contributed by atoms with van der Waals surface area (Å²) in [5.74, 6) is 0.372. The number of hydrogen-bond donors (Lipinski definition) is 4. The first kappa shape index (κ1) is 27.9. The van der Waals surface area contributed by atoms with Gasteiger partial charge in [0.1, 0.15) is 28.7 Å². The SMILES string of the molecule is CCNC(=O)N[C@H]1CCC[C@@H](c2nc(-c3ccc(C(=O)Nc4cc(C(F)(F)F)ccn4)cc3)c3c(N)nccn23)C1. The van der Waals surface area contributed by atoms with E-state index in [1.165, 1.54) is 0 Å². The minimum absolute atomic E-state index is 0.0133. The van der Waals surface area contributed by atoms with E-state index in [1.807, 2.05) is 17.5 Å². The molecule has 2 atom stereocenters. The third-order valence-corrected chi connectivity index (χ3v) is 7.07. The number of hydrogen-bond acceptors (Lipinski definition) is 6. The molecule has 0 spiro atoms. The van der Waals surface area contributed by atoms with Crippen LogP contribution in [0.5, 0.6) is 0 Å². The number of carbonyl (C=O) groups excluding carboxylic acids is 2. The second-order valence-electron chi connectivity index (χ2n) is 9.87. The van der Waals surface area contributed by atoms with E-state index in [-0.39, 0.29) is 29.4 Å². The van der Waals surface area contributed by atoms with Crippen LogP contribution in [0.3, 0.4) is 0 Å². The van der Waals surface area contributed by atoms with Crippen molar-refractivity contribution in [3.8, 4) is 11.3 Å². The molecule has 0 radical (unpaired) electrons. The number of alkyl halides is 3. The largest absolute Gasteiger partial charge is 0.416 e. The highest BCUT2D eigenvalue weighted by Crippen LogP contribution is 2.37. The van der Waals surface area contributed by atoms with Gasteiger partial charge in [-0.05, 0) is 50.5 Å². The average Bonchev–Trinajstić information content (AvgIpc) is 3.34. The Hall–Kier alpha value is -4.68. The highest BCUT2D eigenvalue weighted by atomic mass is 19.4. The van der Waals surface area contributed by atoms with E-state index in [9.17, 15) is 22.8 Å². The number of anilines is 2. The minimum atomic E-state index is -4.55. The molecule has 1 saturated carbocycles. The molecule has 3 aromatic heterocycles. The van der Waals surface area contributed by atoms with Crippen LogP contribution in [0.2, 0.25) is 0 Å². The normalized spacial score (nSPS) is 17.3. The third kappa shape index (κ3) is 6.08.